The van der Waals surface area contributed by atoms with Gasteiger partial charge in [0.15, 0.2) is 0 Å². The predicted octanol–water partition coefficient (Wildman–Crippen LogP) is 5.71. The first kappa shape index (κ1) is 22.9. The van der Waals surface area contributed by atoms with E-state index in [2.05, 4.69) is 56.0 Å². The van der Waals surface area contributed by atoms with Gasteiger partial charge in [-0.25, -0.2) is 0 Å². The third kappa shape index (κ3) is 6.60. The minimum Gasteiger partial charge on any atom is -0.490 e. The molecule has 166 valence electrons. The van der Waals surface area contributed by atoms with E-state index in [1.54, 1.807) is 0 Å². The van der Waals surface area contributed by atoms with Crippen LogP contribution >= 0.6 is 0 Å². The van der Waals surface area contributed by atoms with E-state index in [0.717, 1.165) is 50.6 Å². The Balaban J connectivity index is 1.45. The van der Waals surface area contributed by atoms with Crippen molar-refractivity contribution in [2.24, 2.45) is 11.3 Å². The third-order valence-electron chi connectivity index (χ3n) is 6.66. The van der Waals surface area contributed by atoms with Gasteiger partial charge in [0.1, 0.15) is 5.75 Å². The second-order valence-electron chi connectivity index (χ2n) is 9.82. The zero-order chi connectivity index (χ0) is 21.6. The molecule has 0 unspecified atom stereocenters. The second-order valence-corrected chi connectivity index (χ2v) is 9.82. The number of nitrogens with zero attached hydrogens (tertiary/aromatic N) is 1. The number of ether oxygens (including phenoxy) is 2. The molecule has 1 aliphatic heterocycles. The van der Waals surface area contributed by atoms with E-state index in [0.29, 0.717) is 24.5 Å². The number of hydrogen-bond donors (Lipinski definition) is 0. The van der Waals surface area contributed by atoms with Crippen LogP contribution in [0.4, 0.5) is 0 Å². The smallest absolute Gasteiger partial charge is 0.307 e. The molecule has 1 fully saturated rings. The molecule has 4 heteroatoms. The fourth-order valence-corrected chi connectivity index (χ4v) is 4.65. The molecule has 1 aromatic rings. The first-order chi connectivity index (χ1) is 14.3. The lowest BCUT2D eigenvalue weighted by molar-refractivity contribution is -0.143. The SMILES string of the molecule is CCOC(=O)CCN1CC=C(c2ccc(OC3CCC(C(C)(C)C)CC3)cc2)CC1. The summed E-state index contributed by atoms with van der Waals surface area (Å²) in [4.78, 5) is 13.8. The molecule has 0 atom stereocenters. The van der Waals surface area contributed by atoms with Crippen LogP contribution in [0.5, 0.6) is 5.75 Å². The maximum Gasteiger partial charge on any atom is 0.307 e. The van der Waals surface area contributed by atoms with Crippen LogP contribution in [-0.2, 0) is 9.53 Å². The first-order valence-electron chi connectivity index (χ1n) is 11.7. The van der Waals surface area contributed by atoms with Crippen LogP contribution in [0.15, 0.2) is 30.3 Å². The Hall–Kier alpha value is -1.81. The lowest BCUT2D eigenvalue weighted by Gasteiger charge is -2.37. The average Bonchev–Trinajstić information content (AvgIpc) is 2.73. The molecule has 30 heavy (non-hydrogen) atoms. The van der Waals surface area contributed by atoms with Gasteiger partial charge in [-0.1, -0.05) is 39.0 Å². The molecular weight excluding hydrogens is 374 g/mol. The van der Waals surface area contributed by atoms with Crippen molar-refractivity contribution >= 4 is 11.5 Å². The van der Waals surface area contributed by atoms with Gasteiger partial charge in [-0.15, -0.1) is 0 Å². The zero-order valence-corrected chi connectivity index (χ0v) is 19.3. The van der Waals surface area contributed by atoms with Crippen LogP contribution in [0.2, 0.25) is 0 Å². The molecule has 1 heterocycles. The largest absolute Gasteiger partial charge is 0.490 e. The molecule has 0 amide bonds. The quantitative estimate of drug-likeness (QED) is 0.537. The maximum atomic E-state index is 11.5. The average molecular weight is 414 g/mol. The maximum absolute atomic E-state index is 11.5. The minimum atomic E-state index is -0.102. The summed E-state index contributed by atoms with van der Waals surface area (Å²) in [7, 11) is 0. The van der Waals surface area contributed by atoms with Crippen molar-refractivity contribution in [2.45, 2.75) is 72.3 Å². The van der Waals surface area contributed by atoms with Gasteiger partial charge in [0, 0.05) is 19.6 Å². The molecule has 0 aromatic heterocycles. The highest BCUT2D eigenvalue weighted by atomic mass is 16.5. The van der Waals surface area contributed by atoms with Gasteiger partial charge in [0.2, 0.25) is 0 Å². The molecule has 0 N–H and O–H groups in total. The van der Waals surface area contributed by atoms with Crippen LogP contribution in [0, 0.1) is 11.3 Å². The molecule has 1 aromatic carbocycles. The fraction of sp³-hybridized carbons (Fsp3) is 0.654. The van der Waals surface area contributed by atoms with Gasteiger partial charge in [0.05, 0.1) is 19.1 Å². The van der Waals surface area contributed by atoms with Crippen molar-refractivity contribution in [3.8, 4) is 5.75 Å². The monoisotopic (exact) mass is 413 g/mol. The molecule has 0 radical (unpaired) electrons. The molecule has 0 bridgehead atoms. The van der Waals surface area contributed by atoms with Crippen LogP contribution in [0.25, 0.3) is 5.57 Å². The fourth-order valence-electron chi connectivity index (χ4n) is 4.65. The van der Waals surface area contributed by atoms with Gasteiger partial charge >= 0.3 is 5.97 Å². The summed E-state index contributed by atoms with van der Waals surface area (Å²) in [5.41, 5.74) is 3.08. The number of esters is 1. The normalized spacial score (nSPS) is 23.0. The summed E-state index contributed by atoms with van der Waals surface area (Å²) >= 11 is 0. The van der Waals surface area contributed by atoms with E-state index in [-0.39, 0.29) is 5.97 Å². The van der Waals surface area contributed by atoms with E-state index in [4.69, 9.17) is 9.47 Å². The van der Waals surface area contributed by atoms with Crippen LogP contribution < -0.4 is 4.74 Å². The highest BCUT2D eigenvalue weighted by molar-refractivity contribution is 5.69. The lowest BCUT2D eigenvalue weighted by Crippen LogP contribution is -2.31. The summed E-state index contributed by atoms with van der Waals surface area (Å²) < 4.78 is 11.3. The number of rotatable bonds is 7. The van der Waals surface area contributed by atoms with Gasteiger partial charge in [-0.05, 0) is 73.6 Å². The standard InChI is InChI=1S/C26H39NO3/c1-5-29-25(28)16-19-27-17-14-21(15-18-27)20-6-10-23(11-7-20)30-24-12-8-22(9-13-24)26(2,3)4/h6-7,10-11,14,22,24H,5,8-9,12-13,15-19H2,1-4H3. The molecule has 0 spiro atoms. The molecule has 1 aliphatic carbocycles. The Kier molecular flexibility index (Phi) is 7.99. The number of carbonyl (C=O) groups is 1. The van der Waals surface area contributed by atoms with Gasteiger partial charge in [-0.3, -0.25) is 9.69 Å². The van der Waals surface area contributed by atoms with Crippen molar-refractivity contribution in [3.05, 3.63) is 35.9 Å². The Bertz CT molecular complexity index is 709. The summed E-state index contributed by atoms with van der Waals surface area (Å²) in [5, 5.41) is 0. The first-order valence-corrected chi connectivity index (χ1v) is 11.7. The summed E-state index contributed by atoms with van der Waals surface area (Å²) in [6.45, 7) is 12.0. The van der Waals surface area contributed by atoms with Crippen molar-refractivity contribution in [1.29, 1.82) is 0 Å². The highest BCUT2D eigenvalue weighted by Gasteiger charge is 2.30. The van der Waals surface area contributed by atoms with Crippen LogP contribution in [-0.4, -0.2) is 43.2 Å². The molecular formula is C26H39NO3. The van der Waals surface area contributed by atoms with Gasteiger partial charge in [-0.2, -0.15) is 0 Å². The minimum absolute atomic E-state index is 0.102. The van der Waals surface area contributed by atoms with Gasteiger partial charge in [0.25, 0.3) is 0 Å². The summed E-state index contributed by atoms with van der Waals surface area (Å²) in [6.07, 6.45) is 9.00. The Morgan fingerprint density at radius 3 is 2.37 bits per heavy atom. The van der Waals surface area contributed by atoms with Crippen molar-refractivity contribution in [3.63, 3.8) is 0 Å². The summed E-state index contributed by atoms with van der Waals surface area (Å²) in [5.74, 6) is 1.70. The van der Waals surface area contributed by atoms with E-state index >= 15 is 0 Å². The number of hydrogen-bond acceptors (Lipinski definition) is 4. The van der Waals surface area contributed by atoms with E-state index in [9.17, 15) is 4.79 Å². The second kappa shape index (κ2) is 10.5. The highest BCUT2D eigenvalue weighted by Crippen LogP contribution is 2.38. The predicted molar refractivity (Wildman–Crippen MR) is 123 cm³/mol. The Morgan fingerprint density at radius 2 is 1.80 bits per heavy atom. The van der Waals surface area contributed by atoms with E-state index < -0.39 is 0 Å². The summed E-state index contributed by atoms with van der Waals surface area (Å²) in [6, 6.07) is 8.63. The zero-order valence-electron chi connectivity index (χ0n) is 19.3. The van der Waals surface area contributed by atoms with Crippen molar-refractivity contribution in [1.82, 2.24) is 4.90 Å². The van der Waals surface area contributed by atoms with Gasteiger partial charge < -0.3 is 9.47 Å². The molecule has 0 saturated heterocycles. The Labute approximate surface area is 182 Å². The van der Waals surface area contributed by atoms with Crippen molar-refractivity contribution in [2.75, 3.05) is 26.2 Å². The number of benzene rings is 1. The van der Waals surface area contributed by atoms with E-state index in [1.807, 2.05) is 6.92 Å². The lowest BCUT2D eigenvalue weighted by atomic mass is 9.72. The van der Waals surface area contributed by atoms with E-state index in [1.165, 1.54) is 24.0 Å². The molecule has 2 aliphatic rings. The third-order valence-corrected chi connectivity index (χ3v) is 6.66. The Morgan fingerprint density at radius 1 is 1.10 bits per heavy atom. The topological polar surface area (TPSA) is 38.8 Å². The van der Waals surface area contributed by atoms with Crippen molar-refractivity contribution < 1.29 is 14.3 Å². The van der Waals surface area contributed by atoms with Crippen LogP contribution in [0.1, 0.15) is 71.8 Å². The molecule has 1 saturated carbocycles. The van der Waals surface area contributed by atoms with Crippen LogP contribution in [0.3, 0.4) is 0 Å². The molecule has 3 rings (SSSR count). The number of carbonyl (C=O) groups excluding carboxylic acids is 1. The molecule has 4 nitrogen and oxygen atoms in total.